The van der Waals surface area contributed by atoms with Gasteiger partial charge in [-0.2, -0.15) is 0 Å². The standard InChI is InChI=1S/C39H26.2C27H18O.C14H8O2.C14H14.C13H12/c1-25-13-12-24-36-37(25)28-16-4-7-19-31(28)39(36)34-22-10-8-20-32(34)38(33-21-9-11-23-35(33)39)29-17-5-2-14-26(29)27-15-3-6-18-30(27)38;2*1-17-9-8-16-24-25(17)18-10-2-5-13-21(18)27(24)22-14-6-3-11-19(22)26(28)20-12-4-7-15-23(20)27;15-13-9-5-1-2-6-10(9)14(16)12-8-4-3-7-11(12)13;1-11-7-3-5-9-13(11)14-10-6-4-8-12(14)2;1-11-7-5-6-10-13(11)12-8-3-2-4-9-12/h2-24H,1H3;2*2-16H,1H3;1-8H;3-10H,1-2H3;2-10H,1H3. The molecule has 0 amide bonds. The van der Waals surface area contributed by atoms with Crippen LogP contribution < -0.4 is 0 Å². The molecule has 0 atom stereocenters. The predicted octanol–water partition coefficient (Wildman–Crippen LogP) is 30.9. The number of benzene rings is 20. The summed E-state index contributed by atoms with van der Waals surface area (Å²) in [5.41, 5.74) is 48.0. The molecule has 138 heavy (non-hydrogen) atoms. The Labute approximate surface area is 806 Å². The third-order valence-electron chi connectivity index (χ3n) is 30.2. The molecule has 0 aliphatic heterocycles. The van der Waals surface area contributed by atoms with E-state index < -0.39 is 10.8 Å². The van der Waals surface area contributed by atoms with Crippen LogP contribution in [-0.2, 0) is 21.7 Å². The van der Waals surface area contributed by atoms with Gasteiger partial charge >= 0.3 is 0 Å². The summed E-state index contributed by atoms with van der Waals surface area (Å²) in [7, 11) is 0. The van der Waals surface area contributed by atoms with Gasteiger partial charge in [-0.05, 0) is 231 Å². The first-order valence-corrected chi connectivity index (χ1v) is 47.7. The molecule has 20 aromatic carbocycles. The Morgan fingerprint density at radius 2 is 0.275 bits per heavy atom. The van der Waals surface area contributed by atoms with Crippen molar-refractivity contribution < 1.29 is 19.2 Å². The fourth-order valence-electron chi connectivity index (χ4n) is 24.6. The van der Waals surface area contributed by atoms with E-state index in [1.54, 1.807) is 48.5 Å². The summed E-state index contributed by atoms with van der Waals surface area (Å²) in [4.78, 5) is 50.9. The minimum absolute atomic E-state index is 0.0641. The summed E-state index contributed by atoms with van der Waals surface area (Å²) in [6.07, 6.45) is 0. The fourth-order valence-corrected chi connectivity index (χ4v) is 24.6. The van der Waals surface area contributed by atoms with Crippen LogP contribution in [0.1, 0.15) is 186 Å². The minimum atomic E-state index is -0.445. The molecule has 0 unspecified atom stereocenters. The lowest BCUT2D eigenvalue weighted by molar-refractivity contribution is 0.0979. The summed E-state index contributed by atoms with van der Waals surface area (Å²) in [6, 6.07) is 166. The van der Waals surface area contributed by atoms with Crippen LogP contribution in [0.15, 0.2) is 473 Å². The Morgan fingerprint density at radius 1 is 0.116 bits per heavy atom. The summed E-state index contributed by atoms with van der Waals surface area (Å²) in [5.74, 6) is 0.113. The van der Waals surface area contributed by atoms with E-state index in [0.29, 0.717) is 22.3 Å². The van der Waals surface area contributed by atoms with Gasteiger partial charge in [-0.15, -0.1) is 0 Å². The first-order valence-electron chi connectivity index (χ1n) is 47.7. The lowest BCUT2D eigenvalue weighted by Crippen LogP contribution is -2.43. The van der Waals surface area contributed by atoms with Crippen LogP contribution in [0.3, 0.4) is 0 Å². The Kier molecular flexibility index (Phi) is 21.1. The van der Waals surface area contributed by atoms with Crippen molar-refractivity contribution in [2.24, 2.45) is 0 Å². The number of hydrogen-bond acceptors (Lipinski definition) is 4. The first kappa shape index (κ1) is 85.3. The Balaban J connectivity index is 0.0000000970. The molecule has 0 radical (unpaired) electrons. The largest absolute Gasteiger partial charge is 0.289 e. The monoisotopic (exact) mass is 1770 g/mol. The van der Waals surface area contributed by atoms with Crippen molar-refractivity contribution in [2.45, 2.75) is 63.2 Å². The highest BCUT2D eigenvalue weighted by Crippen LogP contribution is 2.69. The molecule has 0 saturated heterocycles. The summed E-state index contributed by atoms with van der Waals surface area (Å²) in [5, 5.41) is 0. The number of carbonyl (C=O) groups excluding carboxylic acids is 4. The normalized spacial score (nSPS) is 14.0. The molecule has 8 aliphatic rings. The molecule has 0 bridgehead atoms. The average molecular weight is 1770 g/mol. The van der Waals surface area contributed by atoms with Gasteiger partial charge in [0, 0.05) is 44.5 Å². The van der Waals surface area contributed by atoms with E-state index in [9.17, 15) is 19.2 Å². The number of ketones is 4. The van der Waals surface area contributed by atoms with Gasteiger partial charge in [0.2, 0.25) is 0 Å². The number of rotatable bonds is 2. The second-order valence-corrected chi connectivity index (χ2v) is 37.2. The molecule has 4 heteroatoms. The van der Waals surface area contributed by atoms with Gasteiger partial charge in [0.15, 0.2) is 23.1 Å². The predicted molar refractivity (Wildman–Crippen MR) is 561 cm³/mol. The molecule has 0 heterocycles. The second kappa shape index (κ2) is 34.2. The molecule has 28 rings (SSSR count). The molecule has 4 nitrogen and oxygen atoms in total. The third-order valence-corrected chi connectivity index (χ3v) is 30.2. The van der Waals surface area contributed by atoms with Crippen molar-refractivity contribution in [3.05, 3.63) is 640 Å². The molecule has 4 spiro atoms. The van der Waals surface area contributed by atoms with E-state index in [0.717, 1.165) is 44.5 Å². The highest BCUT2D eigenvalue weighted by Gasteiger charge is 2.60. The van der Waals surface area contributed by atoms with Crippen molar-refractivity contribution in [3.63, 3.8) is 0 Å². The van der Waals surface area contributed by atoms with E-state index in [4.69, 9.17) is 0 Å². The zero-order valence-electron chi connectivity index (χ0n) is 77.7. The first-order chi connectivity index (χ1) is 67.7. The Morgan fingerprint density at radius 3 is 0.543 bits per heavy atom. The van der Waals surface area contributed by atoms with Crippen molar-refractivity contribution >= 4 is 23.1 Å². The van der Waals surface area contributed by atoms with Crippen molar-refractivity contribution in [1.29, 1.82) is 0 Å². The Bertz CT molecular complexity index is 7850. The number of fused-ring (bicyclic) bond motifs is 36. The quantitative estimate of drug-likeness (QED) is 0.173. The number of hydrogen-bond donors (Lipinski definition) is 0. The fraction of sp³-hybridized carbons (Fsp3) is 0.0746. The maximum Gasteiger partial charge on any atom is 0.194 e. The summed E-state index contributed by atoms with van der Waals surface area (Å²) < 4.78 is 0. The second-order valence-electron chi connectivity index (χ2n) is 37.2. The van der Waals surface area contributed by atoms with Gasteiger partial charge in [-0.1, -0.05) is 473 Å². The van der Waals surface area contributed by atoms with Crippen molar-refractivity contribution in [1.82, 2.24) is 0 Å². The topological polar surface area (TPSA) is 68.3 Å². The smallest absolute Gasteiger partial charge is 0.194 e. The van der Waals surface area contributed by atoms with Crippen LogP contribution in [-0.4, -0.2) is 23.1 Å². The molecule has 656 valence electrons. The lowest BCUT2D eigenvalue weighted by Gasteiger charge is -2.48. The maximum atomic E-state index is 13.3. The third kappa shape index (κ3) is 12.7. The molecular formula is C134H96O4. The van der Waals surface area contributed by atoms with Crippen LogP contribution in [0, 0.1) is 41.5 Å². The Hall–Kier alpha value is -16.9. The van der Waals surface area contributed by atoms with Gasteiger partial charge in [-0.3, -0.25) is 19.2 Å². The molecule has 20 aromatic rings. The van der Waals surface area contributed by atoms with Gasteiger partial charge < -0.3 is 0 Å². The van der Waals surface area contributed by atoms with E-state index in [-0.39, 0.29) is 34.0 Å². The van der Waals surface area contributed by atoms with Crippen LogP contribution in [0.4, 0.5) is 0 Å². The van der Waals surface area contributed by atoms with Crippen molar-refractivity contribution in [2.75, 3.05) is 0 Å². The van der Waals surface area contributed by atoms with Crippen LogP contribution >= 0.6 is 0 Å². The van der Waals surface area contributed by atoms with Gasteiger partial charge in [0.05, 0.1) is 21.7 Å². The van der Waals surface area contributed by atoms with E-state index >= 15 is 0 Å². The van der Waals surface area contributed by atoms with Gasteiger partial charge in [0.1, 0.15) is 0 Å². The number of aryl methyl sites for hydroxylation is 6. The zero-order valence-corrected chi connectivity index (χ0v) is 77.7. The van der Waals surface area contributed by atoms with E-state index in [1.165, 1.54) is 167 Å². The lowest BCUT2D eigenvalue weighted by atomic mass is 9.52. The molecule has 0 fully saturated rings. The van der Waals surface area contributed by atoms with Crippen molar-refractivity contribution in [3.8, 4) is 66.8 Å². The van der Waals surface area contributed by atoms with Gasteiger partial charge in [0.25, 0.3) is 0 Å². The van der Waals surface area contributed by atoms with E-state index in [1.807, 2.05) is 54.6 Å². The van der Waals surface area contributed by atoms with E-state index in [2.05, 4.69) is 412 Å². The molecule has 8 aliphatic carbocycles. The molecule has 0 saturated carbocycles. The highest BCUT2D eigenvalue weighted by atomic mass is 16.1. The molecule has 0 N–H and O–H groups in total. The minimum Gasteiger partial charge on any atom is -0.289 e. The molecule has 0 aromatic heterocycles. The summed E-state index contributed by atoms with van der Waals surface area (Å²) in [6.45, 7) is 13.1. The molecular weight excluding hydrogens is 1670 g/mol. The van der Waals surface area contributed by atoms with Crippen LogP contribution in [0.25, 0.3) is 66.8 Å². The summed E-state index contributed by atoms with van der Waals surface area (Å²) >= 11 is 0. The average Bonchev–Trinajstić information content (AvgIpc) is 1.46. The van der Waals surface area contributed by atoms with Crippen LogP contribution in [0.5, 0.6) is 0 Å². The maximum absolute atomic E-state index is 13.3. The van der Waals surface area contributed by atoms with Crippen LogP contribution in [0.2, 0.25) is 0 Å². The zero-order chi connectivity index (χ0) is 93.7. The SMILES string of the molecule is Cc1cccc2c1-c1ccccc1C21c2ccccc2C(=O)c2ccccc21.Cc1cccc2c1-c1ccccc1C21c2ccccc2C(=O)c2ccccc21.Cc1cccc2c1-c1ccccc1C21c2ccccc2C2(c3ccccc3-c3ccccc32)c2ccccc21.Cc1ccccc1-c1ccccc1.Cc1ccccc1-c1ccccc1C.O=C1c2ccccc2C(=O)c2ccccc21. The van der Waals surface area contributed by atoms with Gasteiger partial charge in [-0.25, -0.2) is 0 Å². The number of carbonyl (C=O) groups is 4. The highest BCUT2D eigenvalue weighted by molar-refractivity contribution is 6.28.